The molecule has 2 N–H and O–H groups in total. The molecule has 27 heavy (non-hydrogen) atoms. The lowest BCUT2D eigenvalue weighted by molar-refractivity contribution is 0.0949. The lowest BCUT2D eigenvalue weighted by atomic mass is 10.2. The van der Waals surface area contributed by atoms with Crippen molar-refractivity contribution in [2.24, 2.45) is 0 Å². The number of carbonyl (C=O) groups is 1. The van der Waals surface area contributed by atoms with Gasteiger partial charge in [0.15, 0.2) is 11.6 Å². The number of aromatic amines is 1. The Kier molecular flexibility index (Phi) is 5.25. The largest absolute Gasteiger partial charge is 0.435 e. The number of ether oxygens (including phenoxy) is 1. The van der Waals surface area contributed by atoms with E-state index in [-0.39, 0.29) is 29.3 Å². The van der Waals surface area contributed by atoms with Gasteiger partial charge in [0.25, 0.3) is 11.5 Å². The summed E-state index contributed by atoms with van der Waals surface area (Å²) in [5.41, 5.74) is 0.0189. The van der Waals surface area contributed by atoms with E-state index in [4.69, 9.17) is 4.74 Å². The molecular weight excluding hydrogens is 356 g/mol. The molecule has 1 amide bonds. The van der Waals surface area contributed by atoms with Crippen LogP contribution >= 0.6 is 0 Å². The van der Waals surface area contributed by atoms with Crippen molar-refractivity contribution in [3.8, 4) is 11.6 Å². The Hall–Kier alpha value is -3.55. The van der Waals surface area contributed by atoms with E-state index in [0.717, 1.165) is 0 Å². The van der Waals surface area contributed by atoms with Gasteiger partial charge in [0, 0.05) is 24.5 Å². The van der Waals surface area contributed by atoms with E-state index in [2.05, 4.69) is 15.3 Å². The number of rotatable bonds is 5. The predicted octanol–water partition coefficient (Wildman–Crippen LogP) is 3.08. The van der Waals surface area contributed by atoms with Crippen LogP contribution in [0.15, 0.2) is 53.6 Å². The summed E-state index contributed by atoms with van der Waals surface area (Å²) in [6.45, 7) is 1.42. The second-order valence-corrected chi connectivity index (χ2v) is 5.67. The highest BCUT2D eigenvalue weighted by Gasteiger charge is 2.16. The van der Waals surface area contributed by atoms with Gasteiger partial charge in [-0.1, -0.05) is 12.1 Å². The molecule has 0 radical (unpaired) electrons. The van der Waals surface area contributed by atoms with E-state index in [1.807, 2.05) is 0 Å². The van der Waals surface area contributed by atoms with Gasteiger partial charge in [-0.25, -0.2) is 9.37 Å². The third-order valence-corrected chi connectivity index (χ3v) is 3.80. The Morgan fingerprint density at radius 3 is 2.78 bits per heavy atom. The normalized spacial score (nSPS) is 10.5. The highest BCUT2D eigenvalue weighted by atomic mass is 19.2. The van der Waals surface area contributed by atoms with E-state index in [0.29, 0.717) is 5.56 Å². The average molecular weight is 371 g/mol. The number of benzene rings is 1. The van der Waals surface area contributed by atoms with Gasteiger partial charge in [-0.3, -0.25) is 9.59 Å². The highest BCUT2D eigenvalue weighted by Crippen LogP contribution is 2.28. The fraction of sp³-hybridized carbons (Fsp3) is 0.105. The van der Waals surface area contributed by atoms with Crippen molar-refractivity contribution >= 4 is 5.91 Å². The number of amides is 1. The molecule has 0 saturated heterocycles. The first-order chi connectivity index (χ1) is 13.0. The summed E-state index contributed by atoms with van der Waals surface area (Å²) in [6, 6.07) is 8.83. The molecule has 0 atom stereocenters. The summed E-state index contributed by atoms with van der Waals surface area (Å²) in [4.78, 5) is 30.2. The van der Waals surface area contributed by atoms with Crippen LogP contribution in [0.5, 0.6) is 11.6 Å². The number of H-pyrrole nitrogens is 1. The molecule has 0 fully saturated rings. The van der Waals surface area contributed by atoms with Gasteiger partial charge in [0.05, 0.1) is 0 Å². The van der Waals surface area contributed by atoms with Gasteiger partial charge in [-0.05, 0) is 36.8 Å². The van der Waals surface area contributed by atoms with Gasteiger partial charge >= 0.3 is 0 Å². The molecule has 0 bridgehead atoms. The maximum atomic E-state index is 14.0. The lowest BCUT2D eigenvalue weighted by Crippen LogP contribution is -2.29. The Balaban J connectivity index is 1.79. The van der Waals surface area contributed by atoms with Crippen LogP contribution in [0.2, 0.25) is 0 Å². The quantitative estimate of drug-likeness (QED) is 0.722. The maximum absolute atomic E-state index is 14.0. The number of nitrogens with one attached hydrogen (secondary N) is 2. The van der Waals surface area contributed by atoms with Crippen molar-refractivity contribution in [3.63, 3.8) is 0 Å². The Morgan fingerprint density at radius 1 is 1.19 bits per heavy atom. The minimum absolute atomic E-state index is 0.0157. The molecule has 3 rings (SSSR count). The second-order valence-electron chi connectivity index (χ2n) is 5.67. The Morgan fingerprint density at radius 2 is 2.00 bits per heavy atom. The van der Waals surface area contributed by atoms with Gasteiger partial charge in [0.2, 0.25) is 11.7 Å². The second kappa shape index (κ2) is 7.77. The van der Waals surface area contributed by atoms with Crippen molar-refractivity contribution in [1.29, 1.82) is 0 Å². The smallest absolute Gasteiger partial charge is 0.260 e. The van der Waals surface area contributed by atoms with Gasteiger partial charge in [-0.2, -0.15) is 4.39 Å². The Labute approximate surface area is 152 Å². The zero-order chi connectivity index (χ0) is 19.4. The average Bonchev–Trinajstić information content (AvgIpc) is 2.68. The van der Waals surface area contributed by atoms with Gasteiger partial charge < -0.3 is 15.0 Å². The van der Waals surface area contributed by atoms with Crippen LogP contribution < -0.4 is 15.6 Å². The third-order valence-electron chi connectivity index (χ3n) is 3.80. The number of hydrogen-bond acceptors (Lipinski definition) is 4. The SMILES string of the molecule is Cc1ccc(Oc2ncccc2CNC(=O)c2ccc[nH]c2=O)c(F)c1F. The summed E-state index contributed by atoms with van der Waals surface area (Å²) in [5.74, 6) is -3.00. The molecular formula is C19H15F2N3O3. The molecule has 0 saturated carbocycles. The zero-order valence-corrected chi connectivity index (χ0v) is 14.3. The molecule has 3 aromatic rings. The number of pyridine rings is 2. The van der Waals surface area contributed by atoms with Crippen LogP contribution in [-0.2, 0) is 6.54 Å². The molecule has 138 valence electrons. The van der Waals surface area contributed by atoms with E-state index in [1.54, 1.807) is 12.1 Å². The van der Waals surface area contributed by atoms with Gasteiger partial charge in [-0.15, -0.1) is 0 Å². The third kappa shape index (κ3) is 4.00. The number of aryl methyl sites for hydroxylation is 1. The monoisotopic (exact) mass is 371 g/mol. The molecule has 0 aliphatic carbocycles. The first-order valence-corrected chi connectivity index (χ1v) is 7.99. The summed E-state index contributed by atoms with van der Waals surface area (Å²) in [6.07, 6.45) is 2.84. The van der Waals surface area contributed by atoms with Crippen LogP contribution in [0.25, 0.3) is 0 Å². The molecule has 6 nitrogen and oxygen atoms in total. The van der Waals surface area contributed by atoms with Crippen LogP contribution in [0.4, 0.5) is 8.78 Å². The number of hydrogen-bond donors (Lipinski definition) is 2. The molecule has 0 spiro atoms. The van der Waals surface area contributed by atoms with E-state index < -0.39 is 23.1 Å². The van der Waals surface area contributed by atoms with Crippen LogP contribution in [0, 0.1) is 18.6 Å². The Bertz CT molecular complexity index is 1050. The minimum Gasteiger partial charge on any atom is -0.435 e. The maximum Gasteiger partial charge on any atom is 0.260 e. The standard InChI is InChI=1S/C19H15F2N3O3/c1-11-6-7-14(16(21)15(11)20)27-19-12(4-2-9-23-19)10-24-18(26)13-5-3-8-22-17(13)25/h2-9H,10H2,1H3,(H,22,25)(H,24,26). The predicted molar refractivity (Wildman–Crippen MR) is 93.6 cm³/mol. The highest BCUT2D eigenvalue weighted by molar-refractivity contribution is 5.93. The molecule has 2 heterocycles. The molecule has 0 aliphatic heterocycles. The van der Waals surface area contributed by atoms with Crippen molar-refractivity contribution in [2.45, 2.75) is 13.5 Å². The molecule has 2 aromatic heterocycles. The molecule has 1 aromatic carbocycles. The number of aromatic nitrogens is 2. The molecule has 8 heteroatoms. The summed E-state index contributed by atoms with van der Waals surface area (Å²) < 4.78 is 33.1. The van der Waals surface area contributed by atoms with Crippen molar-refractivity contribution in [2.75, 3.05) is 0 Å². The number of halogens is 2. The molecule has 0 unspecified atom stereocenters. The summed E-state index contributed by atoms with van der Waals surface area (Å²) in [7, 11) is 0. The van der Waals surface area contributed by atoms with E-state index >= 15 is 0 Å². The zero-order valence-electron chi connectivity index (χ0n) is 14.3. The number of nitrogens with zero attached hydrogens (tertiary/aromatic N) is 1. The van der Waals surface area contributed by atoms with Crippen molar-refractivity contribution in [1.82, 2.24) is 15.3 Å². The molecule has 0 aliphatic rings. The first kappa shape index (κ1) is 18.2. The minimum atomic E-state index is -1.12. The summed E-state index contributed by atoms with van der Waals surface area (Å²) >= 11 is 0. The van der Waals surface area contributed by atoms with Crippen molar-refractivity contribution in [3.05, 3.63) is 87.5 Å². The van der Waals surface area contributed by atoms with Crippen LogP contribution in [-0.4, -0.2) is 15.9 Å². The van der Waals surface area contributed by atoms with Crippen LogP contribution in [0.3, 0.4) is 0 Å². The van der Waals surface area contributed by atoms with Gasteiger partial charge in [0.1, 0.15) is 5.56 Å². The fourth-order valence-corrected chi connectivity index (χ4v) is 2.33. The van der Waals surface area contributed by atoms with E-state index in [1.165, 1.54) is 43.6 Å². The first-order valence-electron chi connectivity index (χ1n) is 7.99. The van der Waals surface area contributed by atoms with Crippen molar-refractivity contribution < 1.29 is 18.3 Å². The topological polar surface area (TPSA) is 84.1 Å². The summed E-state index contributed by atoms with van der Waals surface area (Å²) in [5, 5.41) is 2.57. The fourth-order valence-electron chi connectivity index (χ4n) is 2.33. The van der Waals surface area contributed by atoms with Crippen LogP contribution in [0.1, 0.15) is 21.5 Å². The number of carbonyl (C=O) groups excluding carboxylic acids is 1. The lowest BCUT2D eigenvalue weighted by Gasteiger charge is -2.12. The van der Waals surface area contributed by atoms with E-state index in [9.17, 15) is 18.4 Å².